The number of ether oxygens (including phenoxy) is 1. The number of imidazole rings is 1. The van der Waals surface area contributed by atoms with E-state index in [1.165, 1.54) is 0 Å². The van der Waals surface area contributed by atoms with Gasteiger partial charge in [0.1, 0.15) is 18.2 Å². The Bertz CT molecular complexity index is 784. The number of likely N-dealkylation sites (N-methyl/N-ethyl adjacent to an activating group) is 1. The molecule has 0 aliphatic carbocycles. The number of benzene rings is 2. The zero-order valence-corrected chi connectivity index (χ0v) is 14.1. The lowest BCUT2D eigenvalue weighted by molar-refractivity contribution is 0.118. The number of aliphatic hydroxyl groups is 1. The maximum atomic E-state index is 10.3. The van der Waals surface area contributed by atoms with Crippen molar-refractivity contribution in [3.63, 3.8) is 0 Å². The summed E-state index contributed by atoms with van der Waals surface area (Å²) < 4.78 is 7.90. The largest absolute Gasteiger partial charge is 0.486 e. The van der Waals surface area contributed by atoms with Gasteiger partial charge in [-0.3, -0.25) is 0 Å². The van der Waals surface area contributed by atoms with Gasteiger partial charge >= 0.3 is 0 Å². The second-order valence-corrected chi connectivity index (χ2v) is 6.15. The van der Waals surface area contributed by atoms with E-state index in [-0.39, 0.29) is 0 Å². The minimum Gasteiger partial charge on any atom is -0.486 e. The van der Waals surface area contributed by atoms with Crippen molar-refractivity contribution in [2.24, 2.45) is 0 Å². The molecule has 0 aliphatic rings. The first-order chi connectivity index (χ1) is 11.6. The lowest BCUT2D eigenvalue weighted by Crippen LogP contribution is -2.30. The molecule has 3 rings (SSSR count). The van der Waals surface area contributed by atoms with Crippen molar-refractivity contribution in [1.82, 2.24) is 14.5 Å². The van der Waals surface area contributed by atoms with Crippen molar-refractivity contribution in [3.8, 4) is 5.75 Å². The topological polar surface area (TPSA) is 50.5 Å². The molecule has 0 saturated heterocycles. The lowest BCUT2D eigenvalue weighted by Gasteiger charge is -2.18. The number of hydrogen-bond acceptors (Lipinski definition) is 4. The molecule has 5 nitrogen and oxygen atoms in total. The summed E-state index contributed by atoms with van der Waals surface area (Å²) in [5.41, 5.74) is 1.93. The first-order valence-corrected chi connectivity index (χ1v) is 8.08. The minimum absolute atomic E-state index is 0.368. The first kappa shape index (κ1) is 16.5. The molecule has 0 aliphatic heterocycles. The highest BCUT2D eigenvalue weighted by Gasteiger charge is 2.15. The van der Waals surface area contributed by atoms with Crippen molar-refractivity contribution in [3.05, 3.63) is 60.4 Å². The fourth-order valence-electron chi connectivity index (χ4n) is 2.79. The smallest absolute Gasteiger partial charge is 0.148 e. The van der Waals surface area contributed by atoms with Crippen LogP contribution < -0.4 is 4.74 Å². The number of aromatic nitrogens is 2. The van der Waals surface area contributed by atoms with E-state index in [0.29, 0.717) is 19.7 Å². The number of rotatable bonds is 7. The van der Waals surface area contributed by atoms with Gasteiger partial charge in [0.2, 0.25) is 0 Å². The Hall–Kier alpha value is -2.37. The maximum absolute atomic E-state index is 10.3. The summed E-state index contributed by atoms with van der Waals surface area (Å²) >= 11 is 0. The fourth-order valence-corrected chi connectivity index (χ4v) is 2.79. The Labute approximate surface area is 142 Å². The molecule has 0 spiro atoms. The molecule has 0 bridgehead atoms. The van der Waals surface area contributed by atoms with Gasteiger partial charge in [-0.25, -0.2) is 4.98 Å². The van der Waals surface area contributed by atoms with Crippen LogP contribution in [0.4, 0.5) is 0 Å². The molecular formula is C19H23N3O2. The van der Waals surface area contributed by atoms with E-state index in [2.05, 4.69) is 4.98 Å². The van der Waals surface area contributed by atoms with Gasteiger partial charge in [0.25, 0.3) is 0 Å². The minimum atomic E-state index is -0.465. The Morgan fingerprint density at radius 1 is 1.08 bits per heavy atom. The van der Waals surface area contributed by atoms with Gasteiger partial charge in [0.05, 0.1) is 23.7 Å². The number of hydrogen-bond donors (Lipinski definition) is 1. The second-order valence-electron chi connectivity index (χ2n) is 6.15. The van der Waals surface area contributed by atoms with E-state index in [1.54, 1.807) is 0 Å². The van der Waals surface area contributed by atoms with Gasteiger partial charge in [-0.2, -0.15) is 0 Å². The Balaban J connectivity index is 1.84. The average molecular weight is 325 g/mol. The van der Waals surface area contributed by atoms with Gasteiger partial charge in [0, 0.05) is 6.54 Å². The van der Waals surface area contributed by atoms with Crippen LogP contribution in [0.25, 0.3) is 11.0 Å². The zero-order chi connectivity index (χ0) is 16.9. The van der Waals surface area contributed by atoms with E-state index in [4.69, 9.17) is 4.74 Å². The van der Waals surface area contributed by atoms with Crippen molar-refractivity contribution in [1.29, 1.82) is 0 Å². The molecule has 0 saturated carbocycles. The van der Waals surface area contributed by atoms with Gasteiger partial charge in [-0.15, -0.1) is 0 Å². The Morgan fingerprint density at radius 3 is 2.54 bits per heavy atom. The summed E-state index contributed by atoms with van der Waals surface area (Å²) in [6.45, 7) is 1.46. The fraction of sp³-hybridized carbons (Fsp3) is 0.316. The monoisotopic (exact) mass is 325 g/mol. The summed E-state index contributed by atoms with van der Waals surface area (Å²) in [6, 6.07) is 17.7. The summed E-state index contributed by atoms with van der Waals surface area (Å²) in [5.74, 6) is 1.63. The van der Waals surface area contributed by atoms with E-state index in [1.807, 2.05) is 78.2 Å². The normalized spacial score (nSPS) is 12.7. The summed E-state index contributed by atoms with van der Waals surface area (Å²) in [5, 5.41) is 10.3. The van der Waals surface area contributed by atoms with Crippen LogP contribution in [-0.4, -0.2) is 46.3 Å². The van der Waals surface area contributed by atoms with E-state index in [0.717, 1.165) is 22.6 Å². The Kier molecular flexibility index (Phi) is 5.13. The summed E-state index contributed by atoms with van der Waals surface area (Å²) in [6.07, 6.45) is -0.465. The highest BCUT2D eigenvalue weighted by Crippen LogP contribution is 2.19. The molecule has 1 N–H and O–H groups in total. The van der Waals surface area contributed by atoms with Crippen LogP contribution in [0, 0.1) is 0 Å². The molecule has 0 unspecified atom stereocenters. The quantitative estimate of drug-likeness (QED) is 0.725. The summed E-state index contributed by atoms with van der Waals surface area (Å²) in [7, 11) is 3.91. The molecule has 0 radical (unpaired) electrons. The second kappa shape index (κ2) is 7.47. The van der Waals surface area contributed by atoms with Crippen LogP contribution in [0.2, 0.25) is 0 Å². The van der Waals surface area contributed by atoms with Crippen LogP contribution in [0.15, 0.2) is 54.6 Å². The third-order valence-corrected chi connectivity index (χ3v) is 3.81. The lowest BCUT2D eigenvalue weighted by atomic mass is 10.3. The first-order valence-electron chi connectivity index (χ1n) is 8.08. The van der Waals surface area contributed by atoms with Crippen LogP contribution in [0.1, 0.15) is 5.82 Å². The van der Waals surface area contributed by atoms with Gasteiger partial charge in [-0.05, 0) is 38.4 Å². The predicted molar refractivity (Wildman–Crippen MR) is 95.1 cm³/mol. The van der Waals surface area contributed by atoms with E-state index < -0.39 is 6.10 Å². The van der Waals surface area contributed by atoms with Crippen LogP contribution in [0.5, 0.6) is 5.75 Å². The zero-order valence-electron chi connectivity index (χ0n) is 14.1. The van der Waals surface area contributed by atoms with Crippen molar-refractivity contribution < 1.29 is 9.84 Å². The van der Waals surface area contributed by atoms with Gasteiger partial charge in [0.15, 0.2) is 0 Å². The van der Waals surface area contributed by atoms with Crippen LogP contribution >= 0.6 is 0 Å². The predicted octanol–water partition coefficient (Wildman–Crippen LogP) is 2.54. The maximum Gasteiger partial charge on any atom is 0.148 e. The molecule has 2 aromatic carbocycles. The number of nitrogens with zero attached hydrogens (tertiary/aromatic N) is 3. The molecule has 5 heteroatoms. The molecule has 24 heavy (non-hydrogen) atoms. The highest BCUT2D eigenvalue weighted by atomic mass is 16.5. The number of aliphatic hydroxyl groups excluding tert-OH is 1. The molecule has 0 amide bonds. The van der Waals surface area contributed by atoms with Crippen LogP contribution in [0.3, 0.4) is 0 Å². The standard InChI is InChI=1S/C19H23N3O2/c1-21(2)12-15(23)13-22-18-11-7-6-10-17(18)20-19(22)14-24-16-8-4-3-5-9-16/h3-11,15,23H,12-14H2,1-2H3/t15-/m0/s1. The molecular weight excluding hydrogens is 302 g/mol. The molecule has 1 atom stereocenters. The molecule has 0 fully saturated rings. The number of fused-ring (bicyclic) bond motifs is 1. The van der Waals surface area contributed by atoms with Crippen molar-refractivity contribution in [2.75, 3.05) is 20.6 Å². The van der Waals surface area contributed by atoms with Crippen LogP contribution in [-0.2, 0) is 13.2 Å². The number of para-hydroxylation sites is 3. The molecule has 126 valence electrons. The third kappa shape index (κ3) is 3.93. The van der Waals surface area contributed by atoms with Gasteiger partial charge in [-0.1, -0.05) is 30.3 Å². The van der Waals surface area contributed by atoms with Crippen molar-refractivity contribution >= 4 is 11.0 Å². The average Bonchev–Trinajstić information content (AvgIpc) is 2.91. The molecule has 1 heterocycles. The Morgan fingerprint density at radius 2 is 1.79 bits per heavy atom. The van der Waals surface area contributed by atoms with E-state index in [9.17, 15) is 5.11 Å². The summed E-state index contributed by atoms with van der Waals surface area (Å²) in [4.78, 5) is 6.65. The SMILES string of the molecule is CN(C)C[C@H](O)Cn1c(COc2ccccc2)nc2ccccc21. The van der Waals surface area contributed by atoms with Gasteiger partial charge < -0.3 is 19.3 Å². The van der Waals surface area contributed by atoms with Crippen molar-refractivity contribution in [2.45, 2.75) is 19.3 Å². The molecule has 1 aromatic heterocycles. The third-order valence-electron chi connectivity index (χ3n) is 3.81. The molecule has 3 aromatic rings. The van der Waals surface area contributed by atoms with E-state index >= 15 is 0 Å². The highest BCUT2D eigenvalue weighted by molar-refractivity contribution is 5.75.